The number of carbonyl (C=O) groups is 1. The van der Waals surface area contributed by atoms with Gasteiger partial charge in [0.25, 0.3) is 0 Å². The van der Waals surface area contributed by atoms with Crippen LogP contribution in [0.25, 0.3) is 0 Å². The number of nitrogens with two attached hydrogens (primary N) is 1. The smallest absolute Gasteiger partial charge is 0.342 e. The quantitative estimate of drug-likeness (QED) is 0.542. The van der Waals surface area contributed by atoms with E-state index in [1.165, 1.54) is 0 Å². The zero-order valence-electron chi connectivity index (χ0n) is 13.7. The molecule has 126 valence electrons. The van der Waals surface area contributed by atoms with Crippen LogP contribution >= 0.6 is 0 Å². The van der Waals surface area contributed by atoms with Gasteiger partial charge in [-0.1, -0.05) is 54.6 Å². The van der Waals surface area contributed by atoms with Gasteiger partial charge in [0.2, 0.25) is 0 Å². The molecule has 0 spiro atoms. The van der Waals surface area contributed by atoms with Crippen LogP contribution in [0.4, 0.5) is 5.69 Å². The molecule has 0 fully saturated rings. The summed E-state index contributed by atoms with van der Waals surface area (Å²) in [6, 6.07) is 24.1. The average Bonchev–Trinajstić information content (AvgIpc) is 2.67. The lowest BCUT2D eigenvalue weighted by molar-refractivity contribution is 0.0467. The average molecular weight is 333 g/mol. The summed E-state index contributed by atoms with van der Waals surface area (Å²) >= 11 is 0. The number of hydrogen-bond donors (Lipinski definition) is 1. The Balaban J connectivity index is 1.65. The number of benzene rings is 3. The van der Waals surface area contributed by atoms with Crippen molar-refractivity contribution in [2.24, 2.45) is 0 Å². The molecule has 3 rings (SSSR count). The number of carbonyl (C=O) groups excluding carboxylic acids is 1. The van der Waals surface area contributed by atoms with E-state index in [-0.39, 0.29) is 6.61 Å². The highest BCUT2D eigenvalue weighted by Crippen LogP contribution is 2.21. The third-order valence-corrected chi connectivity index (χ3v) is 3.69. The van der Waals surface area contributed by atoms with Crippen molar-refractivity contribution in [3.8, 4) is 5.75 Å². The molecule has 0 aliphatic heterocycles. The molecule has 4 heteroatoms. The fraction of sp³-hybridized carbons (Fsp3) is 0.0952. The molecule has 0 unspecified atom stereocenters. The molecule has 0 aliphatic rings. The van der Waals surface area contributed by atoms with Crippen molar-refractivity contribution < 1.29 is 14.3 Å². The van der Waals surface area contributed by atoms with Gasteiger partial charge in [-0.05, 0) is 35.4 Å². The second-order valence-corrected chi connectivity index (χ2v) is 5.59. The molecule has 3 aromatic rings. The molecular formula is C21H19NO3. The lowest BCUT2D eigenvalue weighted by atomic mass is 10.2. The molecular weight excluding hydrogens is 314 g/mol. The van der Waals surface area contributed by atoms with Gasteiger partial charge in [-0.25, -0.2) is 4.79 Å². The van der Waals surface area contributed by atoms with E-state index in [1.54, 1.807) is 18.2 Å². The molecule has 2 N–H and O–H groups in total. The van der Waals surface area contributed by atoms with E-state index in [1.807, 2.05) is 60.7 Å². The summed E-state index contributed by atoms with van der Waals surface area (Å²) in [5.74, 6) is 0.0918. The van der Waals surface area contributed by atoms with E-state index >= 15 is 0 Å². The van der Waals surface area contributed by atoms with E-state index in [0.29, 0.717) is 23.6 Å². The van der Waals surface area contributed by atoms with Crippen molar-refractivity contribution in [2.45, 2.75) is 13.2 Å². The lowest BCUT2D eigenvalue weighted by Crippen LogP contribution is -2.08. The summed E-state index contributed by atoms with van der Waals surface area (Å²) in [7, 11) is 0. The molecule has 25 heavy (non-hydrogen) atoms. The molecule has 0 atom stereocenters. The van der Waals surface area contributed by atoms with Gasteiger partial charge in [-0.3, -0.25) is 0 Å². The number of ether oxygens (including phenoxy) is 2. The highest BCUT2D eigenvalue weighted by Gasteiger charge is 2.14. The standard InChI is InChI=1S/C21H19NO3/c22-18-12-10-17(11-13-18)14-24-20-9-5-4-8-19(20)21(23)25-15-16-6-2-1-3-7-16/h1-13H,14-15,22H2. The third kappa shape index (κ3) is 4.61. The Labute approximate surface area is 146 Å². The normalized spacial score (nSPS) is 10.2. The molecule has 0 heterocycles. The third-order valence-electron chi connectivity index (χ3n) is 3.69. The van der Waals surface area contributed by atoms with E-state index in [4.69, 9.17) is 15.2 Å². The van der Waals surface area contributed by atoms with E-state index < -0.39 is 5.97 Å². The largest absolute Gasteiger partial charge is 0.488 e. The summed E-state index contributed by atoms with van der Waals surface area (Å²) < 4.78 is 11.2. The Hall–Kier alpha value is -3.27. The number of para-hydroxylation sites is 1. The minimum absolute atomic E-state index is 0.228. The maximum absolute atomic E-state index is 12.4. The van der Waals surface area contributed by atoms with Crippen molar-refractivity contribution in [1.82, 2.24) is 0 Å². The number of anilines is 1. The van der Waals surface area contributed by atoms with Gasteiger partial charge in [0.05, 0.1) is 0 Å². The summed E-state index contributed by atoms with van der Waals surface area (Å²) in [5, 5.41) is 0. The van der Waals surface area contributed by atoms with Crippen molar-refractivity contribution in [3.05, 3.63) is 95.6 Å². The molecule has 0 saturated carbocycles. The van der Waals surface area contributed by atoms with Gasteiger partial charge in [-0.15, -0.1) is 0 Å². The van der Waals surface area contributed by atoms with Crippen LogP contribution in [0.3, 0.4) is 0 Å². The molecule has 3 aromatic carbocycles. The second kappa shape index (κ2) is 8.02. The number of hydrogen-bond acceptors (Lipinski definition) is 4. The van der Waals surface area contributed by atoms with Crippen LogP contribution in [0.5, 0.6) is 5.75 Å². The van der Waals surface area contributed by atoms with E-state index in [2.05, 4.69) is 0 Å². The Morgan fingerprint density at radius 2 is 1.40 bits per heavy atom. The van der Waals surface area contributed by atoms with E-state index in [9.17, 15) is 4.79 Å². The molecule has 0 radical (unpaired) electrons. The first-order valence-electron chi connectivity index (χ1n) is 7.99. The molecule has 0 amide bonds. The first kappa shape index (κ1) is 16.6. The van der Waals surface area contributed by atoms with Crippen LogP contribution in [-0.4, -0.2) is 5.97 Å². The van der Waals surface area contributed by atoms with Crippen LogP contribution in [-0.2, 0) is 18.0 Å². The van der Waals surface area contributed by atoms with Crippen molar-refractivity contribution >= 4 is 11.7 Å². The van der Waals surface area contributed by atoms with Crippen LogP contribution in [0, 0.1) is 0 Å². The summed E-state index contributed by atoms with van der Waals surface area (Å²) in [6.07, 6.45) is 0. The van der Waals surface area contributed by atoms with Crippen LogP contribution in [0.1, 0.15) is 21.5 Å². The summed E-state index contributed by atoms with van der Waals surface area (Å²) in [5.41, 5.74) is 8.71. The Morgan fingerprint density at radius 1 is 0.760 bits per heavy atom. The molecule has 0 aromatic heterocycles. The van der Waals surface area contributed by atoms with Gasteiger partial charge in [0.1, 0.15) is 24.5 Å². The number of rotatable bonds is 6. The highest BCUT2D eigenvalue weighted by molar-refractivity contribution is 5.92. The van der Waals surface area contributed by atoms with Crippen molar-refractivity contribution in [1.29, 1.82) is 0 Å². The number of nitrogen functional groups attached to an aromatic ring is 1. The SMILES string of the molecule is Nc1ccc(COc2ccccc2C(=O)OCc2ccccc2)cc1. The first-order valence-corrected chi connectivity index (χ1v) is 7.99. The van der Waals surface area contributed by atoms with Crippen LogP contribution in [0.15, 0.2) is 78.9 Å². The predicted molar refractivity (Wildman–Crippen MR) is 97.2 cm³/mol. The van der Waals surface area contributed by atoms with Gasteiger partial charge < -0.3 is 15.2 Å². The molecule has 4 nitrogen and oxygen atoms in total. The van der Waals surface area contributed by atoms with Gasteiger partial charge in [-0.2, -0.15) is 0 Å². The van der Waals surface area contributed by atoms with Crippen molar-refractivity contribution in [3.63, 3.8) is 0 Å². The zero-order chi connectivity index (χ0) is 17.5. The minimum atomic E-state index is -0.406. The van der Waals surface area contributed by atoms with Gasteiger partial charge >= 0.3 is 5.97 Å². The number of esters is 1. The Kier molecular flexibility index (Phi) is 5.32. The molecule has 0 aliphatic carbocycles. The first-order chi connectivity index (χ1) is 12.2. The lowest BCUT2D eigenvalue weighted by Gasteiger charge is -2.11. The molecule has 0 bridgehead atoms. The van der Waals surface area contributed by atoms with Crippen LogP contribution < -0.4 is 10.5 Å². The maximum Gasteiger partial charge on any atom is 0.342 e. The molecule has 0 saturated heterocycles. The second-order valence-electron chi connectivity index (χ2n) is 5.59. The Bertz CT molecular complexity index is 829. The monoisotopic (exact) mass is 333 g/mol. The zero-order valence-corrected chi connectivity index (χ0v) is 13.7. The van der Waals surface area contributed by atoms with Gasteiger partial charge in [0.15, 0.2) is 0 Å². The Morgan fingerprint density at radius 3 is 2.16 bits per heavy atom. The fourth-order valence-corrected chi connectivity index (χ4v) is 2.34. The summed E-state index contributed by atoms with van der Waals surface area (Å²) in [6.45, 7) is 0.579. The predicted octanol–water partition coefficient (Wildman–Crippen LogP) is 4.20. The maximum atomic E-state index is 12.4. The van der Waals surface area contributed by atoms with Crippen molar-refractivity contribution in [2.75, 3.05) is 5.73 Å². The van der Waals surface area contributed by atoms with Crippen LogP contribution in [0.2, 0.25) is 0 Å². The van der Waals surface area contributed by atoms with Gasteiger partial charge in [0, 0.05) is 5.69 Å². The summed E-state index contributed by atoms with van der Waals surface area (Å²) in [4.78, 5) is 12.4. The minimum Gasteiger partial charge on any atom is -0.488 e. The topological polar surface area (TPSA) is 61.5 Å². The fourth-order valence-electron chi connectivity index (χ4n) is 2.34. The highest BCUT2D eigenvalue weighted by atomic mass is 16.5. The van der Waals surface area contributed by atoms with E-state index in [0.717, 1.165) is 11.1 Å².